The quantitative estimate of drug-likeness (QED) is 0.557. The molecule has 130 valence electrons. The molecule has 0 aliphatic carbocycles. The number of benzene rings is 1. The van der Waals surface area contributed by atoms with Crippen molar-refractivity contribution < 1.29 is 19.2 Å². The van der Waals surface area contributed by atoms with Gasteiger partial charge in [-0.15, -0.1) is 0 Å². The van der Waals surface area contributed by atoms with Gasteiger partial charge in [0.05, 0.1) is 7.11 Å². The third-order valence-electron chi connectivity index (χ3n) is 3.92. The minimum Gasteiger partial charge on any atom is -0.469 e. The normalized spacial score (nSPS) is 16.2. The molecule has 1 atom stereocenters. The van der Waals surface area contributed by atoms with E-state index < -0.39 is 0 Å². The number of carbonyl (C=O) groups excluding carboxylic acids is 2. The molecule has 1 amide bonds. The van der Waals surface area contributed by atoms with Crippen molar-refractivity contribution in [2.75, 3.05) is 13.7 Å². The average molecular weight is 332 g/mol. The number of carbonyl (C=O) groups is 2. The van der Waals surface area contributed by atoms with Gasteiger partial charge in [0.1, 0.15) is 5.71 Å². The number of esters is 1. The monoisotopic (exact) mass is 332 g/mol. The number of unbranched alkanes of at least 4 members (excludes halogenated alkanes) is 3. The molecule has 0 radical (unpaired) electrons. The lowest BCUT2D eigenvalue weighted by Gasteiger charge is -2.07. The number of nitrogens with zero attached hydrogens (tertiary/aromatic N) is 1. The third kappa shape index (κ3) is 5.68. The molecule has 6 heteroatoms. The van der Waals surface area contributed by atoms with Crippen molar-refractivity contribution >= 4 is 17.6 Å². The molecule has 1 unspecified atom stereocenters. The van der Waals surface area contributed by atoms with E-state index in [4.69, 9.17) is 4.84 Å². The van der Waals surface area contributed by atoms with Gasteiger partial charge in [-0.05, 0) is 18.4 Å². The maximum atomic E-state index is 12.1. The second-order valence-corrected chi connectivity index (χ2v) is 5.74. The van der Waals surface area contributed by atoms with Crippen LogP contribution >= 0.6 is 0 Å². The number of hydrogen-bond acceptors (Lipinski definition) is 5. The second-order valence-electron chi connectivity index (χ2n) is 5.74. The predicted molar refractivity (Wildman–Crippen MR) is 90.4 cm³/mol. The van der Waals surface area contributed by atoms with E-state index in [-0.39, 0.29) is 18.0 Å². The van der Waals surface area contributed by atoms with Crippen molar-refractivity contribution in [2.45, 2.75) is 44.6 Å². The first-order valence-electron chi connectivity index (χ1n) is 8.33. The largest absolute Gasteiger partial charge is 0.469 e. The molecule has 0 fully saturated rings. The van der Waals surface area contributed by atoms with Crippen molar-refractivity contribution in [2.24, 2.45) is 5.16 Å². The van der Waals surface area contributed by atoms with Crippen molar-refractivity contribution in [3.63, 3.8) is 0 Å². The zero-order valence-corrected chi connectivity index (χ0v) is 14.0. The van der Waals surface area contributed by atoms with Gasteiger partial charge < -0.3 is 14.9 Å². The highest BCUT2D eigenvalue weighted by Gasteiger charge is 2.26. The van der Waals surface area contributed by atoms with Crippen molar-refractivity contribution in [3.05, 3.63) is 35.9 Å². The number of rotatable bonds is 9. The average Bonchev–Trinajstić information content (AvgIpc) is 3.11. The Balaban J connectivity index is 1.58. The van der Waals surface area contributed by atoms with Crippen molar-refractivity contribution in [1.82, 2.24) is 5.32 Å². The van der Waals surface area contributed by atoms with E-state index in [2.05, 4.69) is 15.2 Å². The van der Waals surface area contributed by atoms with Crippen LogP contribution in [0.2, 0.25) is 0 Å². The van der Waals surface area contributed by atoms with Crippen molar-refractivity contribution in [1.29, 1.82) is 0 Å². The fourth-order valence-corrected chi connectivity index (χ4v) is 2.51. The highest BCUT2D eigenvalue weighted by atomic mass is 16.6. The van der Waals surface area contributed by atoms with E-state index in [9.17, 15) is 9.59 Å². The summed E-state index contributed by atoms with van der Waals surface area (Å²) in [6.07, 6.45) is 4.39. The molecule has 6 nitrogen and oxygen atoms in total. The number of methoxy groups -OCH3 is 1. The lowest BCUT2D eigenvalue weighted by atomic mass is 10.0. The number of ether oxygens (including phenoxy) is 1. The van der Waals surface area contributed by atoms with E-state index >= 15 is 0 Å². The Labute approximate surface area is 142 Å². The van der Waals surface area contributed by atoms with Crippen molar-refractivity contribution in [3.8, 4) is 0 Å². The molecule has 1 heterocycles. The summed E-state index contributed by atoms with van der Waals surface area (Å²) in [5, 5.41) is 6.77. The maximum absolute atomic E-state index is 12.1. The topological polar surface area (TPSA) is 77.0 Å². The molecule has 1 aliphatic heterocycles. The van der Waals surface area contributed by atoms with Gasteiger partial charge in [0.15, 0.2) is 6.10 Å². The van der Waals surface area contributed by atoms with Gasteiger partial charge in [0.2, 0.25) is 0 Å². The lowest BCUT2D eigenvalue weighted by molar-refractivity contribution is -0.140. The summed E-state index contributed by atoms with van der Waals surface area (Å²) in [4.78, 5) is 28.4. The summed E-state index contributed by atoms with van der Waals surface area (Å²) in [5.74, 6) is -0.335. The lowest BCUT2D eigenvalue weighted by Crippen LogP contribution is -2.31. The predicted octanol–water partition coefficient (Wildman–Crippen LogP) is 2.74. The minimum absolute atomic E-state index is 0.164. The van der Waals surface area contributed by atoms with Crippen LogP contribution in [0.1, 0.15) is 50.2 Å². The van der Waals surface area contributed by atoms with Crippen LogP contribution in [-0.4, -0.2) is 31.2 Å². The number of amides is 1. The summed E-state index contributed by atoms with van der Waals surface area (Å²) in [5.41, 5.74) is 1.46. The third-order valence-corrected chi connectivity index (χ3v) is 3.92. The Morgan fingerprint density at radius 3 is 2.71 bits per heavy atom. The van der Waals surface area contributed by atoms with Crippen LogP contribution in [0.4, 0.5) is 0 Å². The first-order chi connectivity index (χ1) is 11.7. The van der Waals surface area contributed by atoms with Crippen LogP contribution in [0.3, 0.4) is 0 Å². The minimum atomic E-state index is -0.176. The molecule has 1 aromatic rings. The molecule has 0 bridgehead atoms. The van der Waals surface area contributed by atoms with E-state index in [1.54, 1.807) is 0 Å². The van der Waals surface area contributed by atoms with Gasteiger partial charge in [-0.3, -0.25) is 9.59 Å². The Morgan fingerprint density at radius 1 is 1.21 bits per heavy atom. The van der Waals surface area contributed by atoms with Crippen LogP contribution in [0.15, 0.2) is 35.5 Å². The molecule has 24 heavy (non-hydrogen) atoms. The molecular formula is C18H24N2O4. The number of nitrogens with one attached hydrogen (secondary N) is 1. The van der Waals surface area contributed by atoms with Gasteiger partial charge in [-0.25, -0.2) is 0 Å². The molecule has 0 aromatic heterocycles. The first-order valence-corrected chi connectivity index (χ1v) is 8.33. The van der Waals surface area contributed by atoms with Gasteiger partial charge in [-0.2, -0.15) is 0 Å². The van der Waals surface area contributed by atoms with E-state index in [0.717, 1.165) is 31.2 Å². The van der Waals surface area contributed by atoms with E-state index in [1.165, 1.54) is 7.11 Å². The number of oxime groups is 1. The smallest absolute Gasteiger partial charge is 0.305 e. The Bertz CT molecular complexity index is 572. The molecule has 2 rings (SSSR count). The Kier molecular flexibility index (Phi) is 7.26. The van der Waals surface area contributed by atoms with E-state index in [1.807, 2.05) is 30.3 Å². The molecule has 1 aromatic carbocycles. The Morgan fingerprint density at radius 2 is 1.96 bits per heavy atom. The zero-order chi connectivity index (χ0) is 17.2. The maximum Gasteiger partial charge on any atom is 0.305 e. The second kappa shape index (κ2) is 9.70. The van der Waals surface area contributed by atoms with Crippen LogP contribution < -0.4 is 5.32 Å². The molecule has 1 aliphatic rings. The van der Waals surface area contributed by atoms with Gasteiger partial charge >= 0.3 is 5.97 Å². The fourth-order valence-electron chi connectivity index (χ4n) is 2.51. The SMILES string of the molecule is COC(=O)CCCCCCNC(=O)C1=NOC(c2ccccc2)C1. The van der Waals surface area contributed by atoms with Crippen LogP contribution in [-0.2, 0) is 19.2 Å². The summed E-state index contributed by atoms with van der Waals surface area (Å²) < 4.78 is 4.59. The summed E-state index contributed by atoms with van der Waals surface area (Å²) in [6.45, 7) is 0.603. The summed E-state index contributed by atoms with van der Waals surface area (Å²) in [6, 6.07) is 9.76. The fraction of sp³-hybridized carbons (Fsp3) is 0.500. The molecular weight excluding hydrogens is 308 g/mol. The highest BCUT2D eigenvalue weighted by Crippen LogP contribution is 2.26. The number of hydrogen-bond donors (Lipinski definition) is 1. The standard InChI is InChI=1S/C18H24N2O4/c1-23-17(21)11-7-2-3-8-12-19-18(22)15-13-16(24-20-15)14-9-5-4-6-10-14/h4-6,9-10,16H,2-3,7-8,11-13H2,1H3,(H,19,22). The van der Waals surface area contributed by atoms with Gasteiger partial charge in [0, 0.05) is 19.4 Å². The summed E-state index contributed by atoms with van der Waals surface area (Å²) >= 11 is 0. The van der Waals surface area contributed by atoms with Crippen LogP contribution in [0, 0.1) is 0 Å². The molecule has 0 saturated heterocycles. The molecule has 0 spiro atoms. The first kappa shape index (κ1) is 18.0. The zero-order valence-electron chi connectivity index (χ0n) is 14.0. The van der Waals surface area contributed by atoms with Gasteiger partial charge in [0.25, 0.3) is 5.91 Å². The Hall–Kier alpha value is -2.37. The van der Waals surface area contributed by atoms with Crippen LogP contribution in [0.5, 0.6) is 0 Å². The summed E-state index contributed by atoms with van der Waals surface area (Å²) in [7, 11) is 1.40. The van der Waals surface area contributed by atoms with Crippen LogP contribution in [0.25, 0.3) is 0 Å². The van der Waals surface area contributed by atoms with Gasteiger partial charge in [-0.1, -0.05) is 48.3 Å². The molecule has 0 saturated carbocycles. The highest BCUT2D eigenvalue weighted by molar-refractivity contribution is 6.39. The van der Waals surface area contributed by atoms with E-state index in [0.29, 0.717) is 25.1 Å². The molecule has 1 N–H and O–H groups in total.